The topological polar surface area (TPSA) is 147 Å². The fraction of sp³-hybridized carbons (Fsp3) is 0.130. The Morgan fingerprint density at radius 2 is 1.59 bits per heavy atom. The van der Waals surface area contributed by atoms with Crippen molar-refractivity contribution in [2.75, 3.05) is 10.6 Å². The second-order valence-electron chi connectivity index (χ2n) is 7.51. The van der Waals surface area contributed by atoms with Gasteiger partial charge >= 0.3 is 12.2 Å². The maximum absolute atomic E-state index is 13.0. The predicted molar refractivity (Wildman–Crippen MR) is 129 cm³/mol. The molecular formula is C23H20ClF3N6O4. The standard InChI is InChI=1S/C23H20ClF3N6O4/c1-12(28)20(34)32-33-21(35)19-11-16(8-9-29-19)37-15-5-2-13(3-6-15)30-22(36)31-14-4-7-18(24)17(10-14)23(25,26)27/h2-12H,28H2,1H3,(H,32,34)(H,33,35)(H2,30,31,36)/t12-/m0/s1. The van der Waals surface area contributed by atoms with Crippen molar-refractivity contribution in [1.82, 2.24) is 15.8 Å². The van der Waals surface area contributed by atoms with Crippen molar-refractivity contribution in [3.63, 3.8) is 0 Å². The Hall–Kier alpha value is -4.36. The smallest absolute Gasteiger partial charge is 0.417 e. The molecule has 1 heterocycles. The number of nitrogens with one attached hydrogen (secondary N) is 4. The number of carbonyl (C=O) groups is 3. The summed E-state index contributed by atoms with van der Waals surface area (Å²) in [4.78, 5) is 39.7. The summed E-state index contributed by atoms with van der Waals surface area (Å²) in [6, 6.07) is 10.3. The number of anilines is 2. The number of hydrogen-bond donors (Lipinski definition) is 5. The number of nitrogens with zero attached hydrogens (tertiary/aromatic N) is 1. The van der Waals surface area contributed by atoms with E-state index in [0.29, 0.717) is 11.4 Å². The first kappa shape index (κ1) is 27.2. The van der Waals surface area contributed by atoms with Gasteiger partial charge in [0.05, 0.1) is 16.6 Å². The van der Waals surface area contributed by atoms with E-state index in [0.717, 1.165) is 12.1 Å². The first-order valence-corrected chi connectivity index (χ1v) is 10.8. The van der Waals surface area contributed by atoms with Crippen LogP contribution in [0.15, 0.2) is 60.8 Å². The van der Waals surface area contributed by atoms with Gasteiger partial charge in [0, 0.05) is 23.6 Å². The van der Waals surface area contributed by atoms with E-state index in [4.69, 9.17) is 22.1 Å². The monoisotopic (exact) mass is 536 g/mol. The molecule has 0 unspecified atom stereocenters. The number of aromatic nitrogens is 1. The molecule has 3 rings (SSSR count). The van der Waals surface area contributed by atoms with Crippen LogP contribution in [0, 0.1) is 0 Å². The van der Waals surface area contributed by atoms with E-state index >= 15 is 0 Å². The van der Waals surface area contributed by atoms with Crippen molar-refractivity contribution >= 4 is 40.8 Å². The van der Waals surface area contributed by atoms with Crippen LogP contribution in [-0.4, -0.2) is 28.9 Å². The van der Waals surface area contributed by atoms with E-state index in [1.165, 1.54) is 55.6 Å². The number of carbonyl (C=O) groups excluding carboxylic acids is 3. The Balaban J connectivity index is 1.58. The third kappa shape index (κ3) is 7.81. The molecule has 37 heavy (non-hydrogen) atoms. The molecule has 2 aromatic carbocycles. The molecule has 194 valence electrons. The zero-order chi connectivity index (χ0) is 27.2. The molecule has 6 N–H and O–H groups in total. The van der Waals surface area contributed by atoms with Gasteiger partial charge in [-0.15, -0.1) is 0 Å². The number of amides is 4. The van der Waals surface area contributed by atoms with E-state index < -0.39 is 40.6 Å². The van der Waals surface area contributed by atoms with Crippen LogP contribution in [-0.2, 0) is 11.0 Å². The van der Waals surface area contributed by atoms with E-state index in [-0.39, 0.29) is 17.1 Å². The Morgan fingerprint density at radius 3 is 2.24 bits per heavy atom. The summed E-state index contributed by atoms with van der Waals surface area (Å²) in [5, 5.41) is 4.31. The van der Waals surface area contributed by atoms with Gasteiger partial charge in [0.25, 0.3) is 11.8 Å². The highest BCUT2D eigenvalue weighted by molar-refractivity contribution is 6.31. The van der Waals surface area contributed by atoms with Crippen LogP contribution in [0.5, 0.6) is 11.5 Å². The highest BCUT2D eigenvalue weighted by atomic mass is 35.5. The Kier molecular flexibility index (Phi) is 8.52. The molecule has 0 aliphatic carbocycles. The average Bonchev–Trinajstić information content (AvgIpc) is 2.84. The molecule has 0 saturated carbocycles. The predicted octanol–water partition coefficient (Wildman–Crippen LogP) is 4.30. The summed E-state index contributed by atoms with van der Waals surface area (Å²) in [6.07, 6.45) is -3.33. The summed E-state index contributed by atoms with van der Waals surface area (Å²) in [6.45, 7) is 1.45. The van der Waals surface area contributed by atoms with Gasteiger partial charge in [-0.3, -0.25) is 25.4 Å². The van der Waals surface area contributed by atoms with E-state index in [1.807, 2.05) is 0 Å². The summed E-state index contributed by atoms with van der Waals surface area (Å²) in [7, 11) is 0. The number of ether oxygens (including phenoxy) is 1. The Labute approximate surface area is 213 Å². The lowest BCUT2D eigenvalue weighted by Gasteiger charge is -2.13. The zero-order valence-electron chi connectivity index (χ0n) is 19.0. The Bertz CT molecular complexity index is 1300. The second kappa shape index (κ2) is 11.6. The molecule has 1 aromatic heterocycles. The number of hydrazine groups is 1. The Morgan fingerprint density at radius 1 is 0.946 bits per heavy atom. The van der Waals surface area contributed by atoms with Crippen LogP contribution < -0.4 is 32.0 Å². The summed E-state index contributed by atoms with van der Waals surface area (Å²) >= 11 is 5.58. The highest BCUT2D eigenvalue weighted by Gasteiger charge is 2.33. The van der Waals surface area contributed by atoms with Gasteiger partial charge in [-0.1, -0.05) is 11.6 Å². The minimum absolute atomic E-state index is 0.0340. The maximum Gasteiger partial charge on any atom is 0.417 e. The number of pyridine rings is 1. The van der Waals surface area contributed by atoms with Crippen LogP contribution in [0.4, 0.5) is 29.3 Å². The van der Waals surface area contributed by atoms with Crippen molar-refractivity contribution in [2.45, 2.75) is 19.1 Å². The summed E-state index contributed by atoms with van der Waals surface area (Å²) < 4.78 is 44.6. The van der Waals surface area contributed by atoms with Crippen molar-refractivity contribution in [1.29, 1.82) is 0 Å². The van der Waals surface area contributed by atoms with E-state index in [1.54, 1.807) is 0 Å². The average molecular weight is 537 g/mol. The van der Waals surface area contributed by atoms with E-state index in [2.05, 4.69) is 26.5 Å². The minimum atomic E-state index is -4.67. The van der Waals surface area contributed by atoms with Gasteiger partial charge in [0.1, 0.15) is 17.2 Å². The fourth-order valence-electron chi connectivity index (χ4n) is 2.75. The fourth-order valence-corrected chi connectivity index (χ4v) is 2.98. The number of alkyl halides is 3. The van der Waals surface area contributed by atoms with Crippen LogP contribution in [0.1, 0.15) is 23.0 Å². The van der Waals surface area contributed by atoms with Gasteiger partial charge in [-0.05, 0) is 55.5 Å². The molecule has 0 bridgehead atoms. The number of urea groups is 1. The first-order valence-electron chi connectivity index (χ1n) is 10.5. The summed E-state index contributed by atoms with van der Waals surface area (Å²) in [5.74, 6) is -0.656. The molecule has 0 fully saturated rings. The molecule has 0 saturated heterocycles. The lowest BCUT2D eigenvalue weighted by Crippen LogP contribution is -2.48. The third-order valence-corrected chi connectivity index (χ3v) is 4.88. The number of hydrogen-bond acceptors (Lipinski definition) is 6. The first-order chi connectivity index (χ1) is 17.4. The lowest BCUT2D eigenvalue weighted by atomic mass is 10.2. The molecule has 0 spiro atoms. The number of benzene rings is 2. The zero-order valence-corrected chi connectivity index (χ0v) is 19.8. The molecule has 0 aliphatic heterocycles. The normalized spacial score (nSPS) is 11.7. The highest BCUT2D eigenvalue weighted by Crippen LogP contribution is 2.36. The third-order valence-electron chi connectivity index (χ3n) is 4.55. The van der Waals surface area contributed by atoms with Gasteiger partial charge in [0.2, 0.25) is 0 Å². The molecule has 1 atom stereocenters. The molecule has 10 nitrogen and oxygen atoms in total. The molecule has 3 aromatic rings. The maximum atomic E-state index is 13.0. The minimum Gasteiger partial charge on any atom is -0.457 e. The molecule has 0 aliphatic rings. The van der Waals surface area contributed by atoms with E-state index in [9.17, 15) is 27.6 Å². The van der Waals surface area contributed by atoms with Gasteiger partial charge in [0.15, 0.2) is 0 Å². The van der Waals surface area contributed by atoms with Crippen molar-refractivity contribution < 1.29 is 32.3 Å². The number of rotatable bonds is 6. The van der Waals surface area contributed by atoms with Gasteiger partial charge in [-0.25, -0.2) is 4.79 Å². The quantitative estimate of drug-likeness (QED) is 0.297. The SMILES string of the molecule is C[C@H](N)C(=O)NNC(=O)c1cc(Oc2ccc(NC(=O)Nc3ccc(Cl)c(C(F)(F)F)c3)cc2)ccn1. The van der Waals surface area contributed by atoms with Crippen LogP contribution in [0.3, 0.4) is 0 Å². The van der Waals surface area contributed by atoms with Crippen molar-refractivity contribution in [3.8, 4) is 11.5 Å². The van der Waals surface area contributed by atoms with Crippen LogP contribution in [0.2, 0.25) is 5.02 Å². The van der Waals surface area contributed by atoms with Crippen molar-refractivity contribution in [3.05, 3.63) is 77.1 Å². The molecule has 14 heteroatoms. The van der Waals surface area contributed by atoms with Crippen LogP contribution in [0.25, 0.3) is 0 Å². The van der Waals surface area contributed by atoms with Crippen molar-refractivity contribution in [2.24, 2.45) is 5.73 Å². The van der Waals surface area contributed by atoms with Gasteiger partial charge < -0.3 is 21.1 Å². The summed E-state index contributed by atoms with van der Waals surface area (Å²) in [5.41, 5.74) is 8.87. The lowest BCUT2D eigenvalue weighted by molar-refractivity contribution is -0.137. The number of halogens is 4. The second-order valence-corrected chi connectivity index (χ2v) is 7.91. The number of nitrogens with two attached hydrogens (primary N) is 1. The van der Waals surface area contributed by atoms with Gasteiger partial charge in [-0.2, -0.15) is 13.2 Å². The molecule has 4 amide bonds. The molecule has 0 radical (unpaired) electrons. The largest absolute Gasteiger partial charge is 0.457 e. The van der Waals surface area contributed by atoms with Crippen LogP contribution >= 0.6 is 11.6 Å². The molecular weight excluding hydrogens is 517 g/mol.